The fraction of sp³-hybridized carbons (Fsp3) is 0.560. The first-order valence-electron chi connectivity index (χ1n) is 12.2. The Morgan fingerprint density at radius 3 is 2.33 bits per heavy atom. The summed E-state index contributed by atoms with van der Waals surface area (Å²) < 4.78 is 51.8. The molecular formula is C25H30F4N6O. The maximum absolute atomic E-state index is 13.4. The van der Waals surface area contributed by atoms with Crippen LogP contribution in [0.1, 0.15) is 37.8 Å². The lowest BCUT2D eigenvalue weighted by atomic mass is 9.60. The largest absolute Gasteiger partial charge is 0.419 e. The molecule has 1 spiro atoms. The number of nitrogens with one attached hydrogen (secondary N) is 1. The molecule has 1 N–H and O–H groups in total. The zero-order valence-corrected chi connectivity index (χ0v) is 20.3. The molecule has 5 rings (SSSR count). The zero-order chi connectivity index (χ0) is 25.7. The van der Waals surface area contributed by atoms with E-state index < -0.39 is 11.7 Å². The second-order valence-electron chi connectivity index (χ2n) is 10.6. The number of nitrogens with zero attached hydrogens (tertiary/aromatic N) is 5. The average Bonchev–Trinajstić information content (AvgIpc) is 2.75. The monoisotopic (exact) mass is 506 g/mol. The van der Waals surface area contributed by atoms with Crippen molar-refractivity contribution in [3.63, 3.8) is 0 Å². The van der Waals surface area contributed by atoms with Gasteiger partial charge in [-0.05, 0) is 49.8 Å². The Morgan fingerprint density at radius 2 is 1.75 bits per heavy atom. The van der Waals surface area contributed by atoms with Gasteiger partial charge in [0.1, 0.15) is 5.82 Å². The molecule has 1 saturated carbocycles. The van der Waals surface area contributed by atoms with E-state index >= 15 is 0 Å². The summed E-state index contributed by atoms with van der Waals surface area (Å²) in [7, 11) is 0. The van der Waals surface area contributed by atoms with Gasteiger partial charge in [-0.3, -0.25) is 4.90 Å². The topological polar surface area (TPSA) is 64.6 Å². The van der Waals surface area contributed by atoms with Crippen LogP contribution in [0.25, 0.3) is 0 Å². The number of amides is 2. The standard InChI is InChI=1S/C25H30F4N6O/c1-16-11-34(22-30-9-19(10-31-22)25(27,28)29)12-17(2)35(16)23(36)32-21-7-24(8-21)14-33(15-24)13-18-4-3-5-20(26)6-18/h3-6,9-10,16-17,21H,7-8,11-15H2,1-2H3,(H,32,36)/t16-,17+. The average molecular weight is 507 g/mol. The molecule has 2 aliphatic heterocycles. The minimum absolute atomic E-state index is 0.112. The van der Waals surface area contributed by atoms with Gasteiger partial charge in [0.15, 0.2) is 0 Å². The maximum Gasteiger partial charge on any atom is 0.419 e. The Bertz CT molecular complexity index is 1080. The third kappa shape index (κ3) is 4.98. The van der Waals surface area contributed by atoms with Crippen LogP contribution in [0, 0.1) is 11.2 Å². The third-order valence-electron chi connectivity index (χ3n) is 7.50. The number of piperazine rings is 1. The quantitative estimate of drug-likeness (QED) is 0.638. The number of halogens is 4. The van der Waals surface area contributed by atoms with Crippen LogP contribution in [-0.4, -0.2) is 70.1 Å². The van der Waals surface area contributed by atoms with Crippen LogP contribution in [0.3, 0.4) is 0 Å². The highest BCUT2D eigenvalue weighted by Gasteiger charge is 2.52. The van der Waals surface area contributed by atoms with Crippen molar-refractivity contribution in [2.24, 2.45) is 5.41 Å². The number of hydrogen-bond donors (Lipinski definition) is 1. The lowest BCUT2D eigenvalue weighted by molar-refractivity contribution is -0.138. The number of alkyl halides is 3. The van der Waals surface area contributed by atoms with Gasteiger partial charge in [-0.15, -0.1) is 0 Å². The molecule has 1 aliphatic carbocycles. The van der Waals surface area contributed by atoms with E-state index in [-0.39, 0.29) is 41.3 Å². The molecule has 2 atom stereocenters. The summed E-state index contributed by atoms with van der Waals surface area (Å²) in [6.45, 7) is 7.36. The molecular weight excluding hydrogens is 476 g/mol. The summed E-state index contributed by atoms with van der Waals surface area (Å²) in [5.41, 5.74) is 0.325. The number of rotatable bonds is 4. The van der Waals surface area contributed by atoms with Gasteiger partial charge < -0.3 is 15.1 Å². The lowest BCUT2D eigenvalue weighted by Gasteiger charge is -2.59. The molecule has 3 heterocycles. The second kappa shape index (κ2) is 9.17. The zero-order valence-electron chi connectivity index (χ0n) is 20.3. The number of anilines is 1. The molecule has 0 unspecified atom stereocenters. The third-order valence-corrected chi connectivity index (χ3v) is 7.50. The highest BCUT2D eigenvalue weighted by Crippen LogP contribution is 2.48. The van der Waals surface area contributed by atoms with Gasteiger partial charge in [-0.25, -0.2) is 19.2 Å². The summed E-state index contributed by atoms with van der Waals surface area (Å²) in [4.78, 5) is 26.8. The molecule has 194 valence electrons. The van der Waals surface area contributed by atoms with E-state index in [0.717, 1.165) is 50.4 Å². The first-order chi connectivity index (χ1) is 17.0. The molecule has 0 bridgehead atoms. The number of urea groups is 1. The van der Waals surface area contributed by atoms with E-state index in [4.69, 9.17) is 0 Å². The SMILES string of the molecule is C[C@@H]1CN(c2ncc(C(F)(F)F)cn2)C[C@H](C)N1C(=O)NC1CC2(C1)CN(Cc1cccc(F)c1)C2. The molecule has 1 aromatic carbocycles. The van der Waals surface area contributed by atoms with Crippen LogP contribution in [0.5, 0.6) is 0 Å². The van der Waals surface area contributed by atoms with Crippen LogP contribution >= 0.6 is 0 Å². The van der Waals surface area contributed by atoms with Gasteiger partial charge >= 0.3 is 12.2 Å². The molecule has 3 fully saturated rings. The van der Waals surface area contributed by atoms with Crippen LogP contribution in [0.15, 0.2) is 36.7 Å². The first-order valence-corrected chi connectivity index (χ1v) is 12.2. The van der Waals surface area contributed by atoms with Gasteiger partial charge in [0.25, 0.3) is 0 Å². The molecule has 1 aromatic heterocycles. The van der Waals surface area contributed by atoms with Crippen molar-refractivity contribution in [3.05, 3.63) is 53.6 Å². The molecule has 2 amide bonds. The molecule has 0 radical (unpaired) electrons. The predicted octanol–water partition coefficient (Wildman–Crippen LogP) is 3.91. The first kappa shape index (κ1) is 24.7. The van der Waals surface area contributed by atoms with E-state index in [2.05, 4.69) is 20.2 Å². The Kier molecular flexibility index (Phi) is 6.30. The minimum Gasteiger partial charge on any atom is -0.337 e. The predicted molar refractivity (Wildman–Crippen MR) is 126 cm³/mol. The molecule has 2 saturated heterocycles. The Hall–Kier alpha value is -2.95. The Morgan fingerprint density at radius 1 is 1.11 bits per heavy atom. The van der Waals surface area contributed by atoms with Crippen LogP contribution in [0.2, 0.25) is 0 Å². The highest BCUT2D eigenvalue weighted by molar-refractivity contribution is 5.76. The number of carbonyl (C=O) groups excluding carboxylic acids is 1. The van der Waals surface area contributed by atoms with Gasteiger partial charge in [0, 0.05) is 63.2 Å². The van der Waals surface area contributed by atoms with Crippen molar-refractivity contribution >= 4 is 12.0 Å². The van der Waals surface area contributed by atoms with E-state index in [9.17, 15) is 22.4 Å². The van der Waals surface area contributed by atoms with E-state index in [1.165, 1.54) is 6.07 Å². The van der Waals surface area contributed by atoms with Gasteiger partial charge in [-0.1, -0.05) is 12.1 Å². The fourth-order valence-electron chi connectivity index (χ4n) is 6.02. The second-order valence-corrected chi connectivity index (χ2v) is 10.6. The maximum atomic E-state index is 13.4. The number of aromatic nitrogens is 2. The lowest BCUT2D eigenvalue weighted by Crippen LogP contribution is -2.68. The summed E-state index contributed by atoms with van der Waals surface area (Å²) in [6.07, 6.45) is -1.03. The van der Waals surface area contributed by atoms with E-state index in [1.807, 2.05) is 29.7 Å². The number of hydrogen-bond acceptors (Lipinski definition) is 5. The minimum atomic E-state index is -4.48. The number of likely N-dealkylation sites (tertiary alicyclic amines) is 1. The normalized spacial score (nSPS) is 24.4. The van der Waals surface area contributed by atoms with Crippen molar-refractivity contribution in [1.82, 2.24) is 25.1 Å². The van der Waals surface area contributed by atoms with Crippen molar-refractivity contribution < 1.29 is 22.4 Å². The summed E-state index contributed by atoms with van der Waals surface area (Å²) in [5, 5.41) is 3.17. The van der Waals surface area contributed by atoms with Gasteiger partial charge in [0.05, 0.1) is 5.56 Å². The van der Waals surface area contributed by atoms with Crippen molar-refractivity contribution in [1.29, 1.82) is 0 Å². The Balaban J connectivity index is 1.09. The van der Waals surface area contributed by atoms with E-state index in [0.29, 0.717) is 13.1 Å². The number of benzene rings is 1. The van der Waals surface area contributed by atoms with Crippen molar-refractivity contribution in [2.45, 2.75) is 57.5 Å². The molecule has 7 nitrogen and oxygen atoms in total. The van der Waals surface area contributed by atoms with E-state index in [1.54, 1.807) is 12.1 Å². The van der Waals surface area contributed by atoms with Crippen LogP contribution in [0.4, 0.5) is 28.3 Å². The summed E-state index contributed by atoms with van der Waals surface area (Å²) in [5.74, 6) is 0.0146. The van der Waals surface area contributed by atoms with Gasteiger partial charge in [-0.2, -0.15) is 13.2 Å². The smallest absolute Gasteiger partial charge is 0.337 e. The van der Waals surface area contributed by atoms with Crippen molar-refractivity contribution in [3.8, 4) is 0 Å². The van der Waals surface area contributed by atoms with Crippen LogP contribution in [-0.2, 0) is 12.7 Å². The summed E-state index contributed by atoms with van der Waals surface area (Å²) >= 11 is 0. The van der Waals surface area contributed by atoms with Gasteiger partial charge in [0.2, 0.25) is 5.95 Å². The fourth-order valence-corrected chi connectivity index (χ4v) is 6.02. The molecule has 11 heteroatoms. The van der Waals surface area contributed by atoms with Crippen molar-refractivity contribution in [2.75, 3.05) is 31.1 Å². The molecule has 2 aromatic rings. The number of carbonyl (C=O) groups is 1. The van der Waals surface area contributed by atoms with Crippen LogP contribution < -0.4 is 10.2 Å². The Labute approximate surface area is 207 Å². The highest BCUT2D eigenvalue weighted by atomic mass is 19.4. The molecule has 36 heavy (non-hydrogen) atoms. The summed E-state index contributed by atoms with van der Waals surface area (Å²) in [6, 6.07) is 6.39. The molecule has 3 aliphatic rings.